The summed E-state index contributed by atoms with van der Waals surface area (Å²) in [4.78, 5) is 2.64. The van der Waals surface area contributed by atoms with Crippen molar-refractivity contribution in [2.24, 2.45) is 5.10 Å². The van der Waals surface area contributed by atoms with Crippen LogP contribution in [0.25, 0.3) is 0 Å². The van der Waals surface area contributed by atoms with Crippen LogP contribution in [0, 0.1) is 0 Å². The monoisotopic (exact) mass is 91.1 g/mol. The molecule has 0 saturated heterocycles. The molecule has 1 heterocycles. The van der Waals surface area contributed by atoms with Crippen molar-refractivity contribution in [3.8, 4) is 0 Å². The molecule has 0 atom stereocenters. The molecular weight excluding hydrogens is 87.7 g/mol. The molecule has 5 heteroatoms. The van der Waals surface area contributed by atoms with Crippen LogP contribution in [0.3, 0.4) is 0 Å². The van der Waals surface area contributed by atoms with Gasteiger partial charge in [-0.2, -0.15) is 5.10 Å². The minimum Gasteiger partial charge on any atom is -0.399 e. The standard InChI is InChI=1S/C2H3B2N3/c3-6-1-5-7(4)2-6/h1H,2H2. The summed E-state index contributed by atoms with van der Waals surface area (Å²) in [7, 11) is 10.3. The fourth-order valence-electron chi connectivity index (χ4n) is 0.373. The van der Waals surface area contributed by atoms with Crippen molar-refractivity contribution in [2.75, 3.05) is 6.67 Å². The van der Waals surface area contributed by atoms with Gasteiger partial charge in [-0.3, -0.25) is 0 Å². The Labute approximate surface area is 44.8 Å². The molecule has 7 heavy (non-hydrogen) atoms. The summed E-state index contributed by atoms with van der Waals surface area (Å²) in [5.41, 5.74) is 0. The molecule has 0 spiro atoms. The molecule has 0 aliphatic carbocycles. The lowest BCUT2D eigenvalue weighted by Gasteiger charge is -2.08. The molecule has 1 aliphatic heterocycles. The molecule has 4 radical (unpaired) electrons. The number of hydrogen-bond donors (Lipinski definition) is 0. The van der Waals surface area contributed by atoms with Gasteiger partial charge >= 0.3 is 0 Å². The molecule has 1 aliphatic rings. The van der Waals surface area contributed by atoms with Gasteiger partial charge in [0.2, 0.25) is 7.98 Å². The maximum Gasteiger partial charge on any atom is 0.259 e. The average Bonchev–Trinajstić information content (AvgIpc) is 1.87. The van der Waals surface area contributed by atoms with Crippen molar-refractivity contribution >= 4 is 22.3 Å². The minimum atomic E-state index is 0.472. The van der Waals surface area contributed by atoms with Gasteiger partial charge in [-0.1, -0.05) is 0 Å². The third-order valence-electron chi connectivity index (χ3n) is 0.656. The van der Waals surface area contributed by atoms with Crippen LogP contribution in [0.4, 0.5) is 0 Å². The van der Waals surface area contributed by atoms with Crippen molar-refractivity contribution < 1.29 is 0 Å². The van der Waals surface area contributed by atoms with Crippen LogP contribution >= 0.6 is 0 Å². The van der Waals surface area contributed by atoms with Crippen LogP contribution in [0.1, 0.15) is 0 Å². The van der Waals surface area contributed by atoms with Gasteiger partial charge in [0.1, 0.15) is 0 Å². The third-order valence-corrected chi connectivity index (χ3v) is 0.656. The molecule has 0 aromatic carbocycles. The summed E-state index contributed by atoms with van der Waals surface area (Å²) in [5.74, 6) is 0. The predicted octanol–water partition coefficient (Wildman–Crippen LogP) is -1.33. The zero-order chi connectivity index (χ0) is 5.28. The average molecular weight is 90.7 g/mol. The van der Waals surface area contributed by atoms with Crippen molar-refractivity contribution in [1.29, 1.82) is 0 Å². The summed E-state index contributed by atoms with van der Waals surface area (Å²) in [5, 5.41) is 3.60. The van der Waals surface area contributed by atoms with E-state index in [1.54, 1.807) is 0 Å². The molecule has 0 unspecified atom stereocenters. The fourth-order valence-corrected chi connectivity index (χ4v) is 0.373. The lowest BCUT2D eigenvalue weighted by atomic mass is 10.3. The summed E-state index contributed by atoms with van der Waals surface area (Å²) < 4.78 is 0. The quantitative estimate of drug-likeness (QED) is 0.344. The zero-order valence-corrected chi connectivity index (χ0v) is 3.78. The molecule has 1 rings (SSSR count). The Morgan fingerprint density at radius 3 is 2.43 bits per heavy atom. The Morgan fingerprint density at radius 2 is 2.29 bits per heavy atom. The first-order valence-corrected chi connectivity index (χ1v) is 1.87. The maximum absolute atomic E-state index is 5.19. The number of rotatable bonds is 0. The number of nitrogens with zero attached hydrogens (tertiary/aromatic N) is 3. The lowest BCUT2D eigenvalue weighted by Crippen LogP contribution is -2.21. The lowest BCUT2D eigenvalue weighted by molar-refractivity contribution is 0.451. The first-order chi connectivity index (χ1) is 3.29. The fraction of sp³-hybridized carbons (Fsp3) is 0.500. The highest BCUT2D eigenvalue weighted by Crippen LogP contribution is 1.90. The largest absolute Gasteiger partial charge is 0.399 e. The molecule has 32 valence electrons. The predicted molar refractivity (Wildman–Crippen MR) is 28.5 cm³/mol. The van der Waals surface area contributed by atoms with Gasteiger partial charge in [0.25, 0.3) is 7.98 Å². The summed E-state index contributed by atoms with van der Waals surface area (Å²) in [6, 6.07) is 0. The zero-order valence-electron chi connectivity index (χ0n) is 3.78. The van der Waals surface area contributed by atoms with Crippen LogP contribution in [-0.4, -0.2) is 38.7 Å². The first kappa shape index (κ1) is 4.56. The van der Waals surface area contributed by atoms with E-state index in [4.69, 9.17) is 16.0 Å². The Morgan fingerprint density at radius 1 is 1.57 bits per heavy atom. The van der Waals surface area contributed by atoms with E-state index in [1.807, 2.05) is 0 Å². The summed E-state index contributed by atoms with van der Waals surface area (Å²) in [6.07, 6.45) is 1.46. The second-order valence-corrected chi connectivity index (χ2v) is 1.33. The smallest absolute Gasteiger partial charge is 0.259 e. The number of hydrazone groups is 1. The molecule has 0 N–H and O–H groups in total. The summed E-state index contributed by atoms with van der Waals surface area (Å²) in [6.45, 7) is 0.472. The Kier molecular flexibility index (Phi) is 0.964. The van der Waals surface area contributed by atoms with Crippen molar-refractivity contribution in [3.05, 3.63) is 0 Å². The van der Waals surface area contributed by atoms with Crippen LogP contribution in [0.2, 0.25) is 0 Å². The Bertz CT molecular complexity index is 82.9. The normalized spacial score (nSPS) is 18.9. The van der Waals surface area contributed by atoms with Gasteiger partial charge in [-0.15, -0.1) is 0 Å². The molecular formula is C2H3B2N3. The van der Waals surface area contributed by atoms with Crippen molar-refractivity contribution in [3.63, 3.8) is 0 Å². The molecule has 0 fully saturated rings. The molecule has 0 amide bonds. The van der Waals surface area contributed by atoms with E-state index in [-0.39, 0.29) is 0 Å². The third kappa shape index (κ3) is 0.885. The van der Waals surface area contributed by atoms with E-state index in [1.165, 1.54) is 16.1 Å². The Balaban J connectivity index is 2.42. The van der Waals surface area contributed by atoms with Crippen LogP contribution in [0.15, 0.2) is 5.10 Å². The van der Waals surface area contributed by atoms with Gasteiger partial charge < -0.3 is 9.73 Å². The SMILES string of the molecule is [B]N1C=NN([B])C1. The van der Waals surface area contributed by atoms with Gasteiger partial charge in [-0.05, 0) is 0 Å². The Hall–Kier alpha value is -0.600. The van der Waals surface area contributed by atoms with E-state index in [9.17, 15) is 0 Å². The summed E-state index contributed by atoms with van der Waals surface area (Å²) >= 11 is 0. The van der Waals surface area contributed by atoms with Crippen LogP contribution in [-0.2, 0) is 0 Å². The molecule has 0 bridgehead atoms. The highest BCUT2D eigenvalue weighted by Gasteiger charge is 2.00. The molecule has 3 nitrogen and oxygen atoms in total. The minimum absolute atomic E-state index is 0.472. The second-order valence-electron chi connectivity index (χ2n) is 1.33. The van der Waals surface area contributed by atoms with Gasteiger partial charge in [0.15, 0.2) is 0 Å². The highest BCUT2D eigenvalue weighted by atomic mass is 15.5. The van der Waals surface area contributed by atoms with Crippen LogP contribution in [0.5, 0.6) is 0 Å². The number of hydrogen-bond acceptors (Lipinski definition) is 3. The van der Waals surface area contributed by atoms with Crippen LogP contribution < -0.4 is 0 Å². The van der Waals surface area contributed by atoms with Gasteiger partial charge in [0.05, 0.1) is 13.0 Å². The highest BCUT2D eigenvalue weighted by molar-refractivity contribution is 6.13. The van der Waals surface area contributed by atoms with E-state index in [0.29, 0.717) is 6.67 Å². The molecule has 0 saturated carbocycles. The van der Waals surface area contributed by atoms with E-state index >= 15 is 0 Å². The first-order valence-electron chi connectivity index (χ1n) is 1.87. The van der Waals surface area contributed by atoms with E-state index < -0.39 is 0 Å². The van der Waals surface area contributed by atoms with Crippen molar-refractivity contribution in [1.82, 2.24) is 9.73 Å². The molecule has 0 aromatic rings. The van der Waals surface area contributed by atoms with E-state index in [2.05, 4.69) is 5.10 Å². The van der Waals surface area contributed by atoms with Crippen molar-refractivity contribution in [2.45, 2.75) is 0 Å². The maximum atomic E-state index is 5.19. The second kappa shape index (κ2) is 1.48. The molecule has 0 aromatic heterocycles. The topological polar surface area (TPSA) is 18.8 Å². The van der Waals surface area contributed by atoms with Gasteiger partial charge in [0, 0.05) is 0 Å². The van der Waals surface area contributed by atoms with Gasteiger partial charge in [-0.25, -0.2) is 0 Å². The van der Waals surface area contributed by atoms with E-state index in [0.717, 1.165) is 0 Å².